The number of hydrogen-bond donors (Lipinski definition) is 2. The van der Waals surface area contributed by atoms with Crippen molar-refractivity contribution in [3.05, 3.63) is 65.1 Å². The van der Waals surface area contributed by atoms with Crippen molar-refractivity contribution in [2.24, 2.45) is 0 Å². The van der Waals surface area contributed by atoms with Gasteiger partial charge in [-0.25, -0.2) is 0 Å². The van der Waals surface area contributed by atoms with E-state index in [9.17, 15) is 31.5 Å². The van der Waals surface area contributed by atoms with Crippen LogP contribution in [-0.4, -0.2) is 33.0 Å². The molecule has 3 rings (SSSR count). The zero-order chi connectivity index (χ0) is 23.3. The third-order valence-corrected chi connectivity index (χ3v) is 4.50. The summed E-state index contributed by atoms with van der Waals surface area (Å²) < 4.78 is 70.5. The number of nitrogens with one attached hydrogen (secondary N) is 2. The predicted octanol–water partition coefficient (Wildman–Crippen LogP) is 3.74. The fourth-order valence-electron chi connectivity index (χ4n) is 2.37. The van der Waals surface area contributed by atoms with Crippen LogP contribution in [0.3, 0.4) is 0 Å². The Morgan fingerprint density at radius 2 is 1.81 bits per heavy atom. The molecule has 0 aliphatic carbocycles. The fraction of sp³-hybridized carbons (Fsp3) is 0.167. The number of pyridine rings is 1. The summed E-state index contributed by atoms with van der Waals surface area (Å²) in [5.74, 6) is -1.70. The van der Waals surface area contributed by atoms with Crippen molar-refractivity contribution in [1.29, 1.82) is 0 Å². The van der Waals surface area contributed by atoms with Crippen molar-refractivity contribution < 1.29 is 36.3 Å². The molecule has 2 amide bonds. The summed E-state index contributed by atoms with van der Waals surface area (Å²) in [6.07, 6.45) is -3.15. The number of carbonyl (C=O) groups is 2. The number of nitrogens with zero attached hydrogens (tertiary/aromatic N) is 3. The van der Waals surface area contributed by atoms with E-state index >= 15 is 0 Å². The van der Waals surface area contributed by atoms with Crippen LogP contribution in [0.2, 0.25) is 0 Å². The Morgan fingerprint density at radius 1 is 1.09 bits per heavy atom. The number of benzene rings is 1. The quantitative estimate of drug-likeness (QED) is 0.507. The number of amides is 2. The molecule has 0 aliphatic rings. The van der Waals surface area contributed by atoms with Gasteiger partial charge < -0.3 is 15.4 Å². The third-order valence-electron chi connectivity index (χ3n) is 3.86. The van der Waals surface area contributed by atoms with Crippen molar-refractivity contribution in [3.63, 3.8) is 0 Å². The van der Waals surface area contributed by atoms with Crippen molar-refractivity contribution in [3.8, 4) is 5.75 Å². The van der Waals surface area contributed by atoms with E-state index in [1.165, 1.54) is 24.3 Å². The topological polar surface area (TPSA) is 106 Å². The van der Waals surface area contributed by atoms with Crippen LogP contribution in [0.25, 0.3) is 0 Å². The minimum Gasteiger partial charge on any atom is -0.435 e. The zero-order valence-electron chi connectivity index (χ0n) is 15.7. The number of hydrogen-bond acceptors (Lipinski definition) is 7. The monoisotopic (exact) mass is 473 g/mol. The lowest BCUT2D eigenvalue weighted by Gasteiger charge is -2.09. The molecule has 0 unspecified atom stereocenters. The van der Waals surface area contributed by atoms with Crippen LogP contribution in [0.5, 0.6) is 5.75 Å². The van der Waals surface area contributed by atoms with E-state index in [4.69, 9.17) is 0 Å². The molecule has 0 radical (unpaired) electrons. The summed E-state index contributed by atoms with van der Waals surface area (Å²) in [6, 6.07) is 6.14. The number of alkyl halides is 5. The Labute approximate surface area is 180 Å². The van der Waals surface area contributed by atoms with Crippen LogP contribution in [0.4, 0.5) is 27.0 Å². The third kappa shape index (κ3) is 5.94. The molecule has 0 saturated carbocycles. The van der Waals surface area contributed by atoms with Crippen LogP contribution in [0, 0.1) is 0 Å². The molecule has 1 aromatic carbocycles. The van der Waals surface area contributed by atoms with Gasteiger partial charge in [0.2, 0.25) is 0 Å². The maximum absolute atomic E-state index is 12.8. The van der Waals surface area contributed by atoms with E-state index in [1.54, 1.807) is 0 Å². The van der Waals surface area contributed by atoms with Gasteiger partial charge in [-0.05, 0) is 23.8 Å². The highest BCUT2D eigenvalue weighted by atomic mass is 32.1. The summed E-state index contributed by atoms with van der Waals surface area (Å²) in [5.41, 5.74) is -1.16. The maximum Gasteiger partial charge on any atom is 0.417 e. The lowest BCUT2D eigenvalue weighted by Crippen LogP contribution is -2.25. The predicted molar refractivity (Wildman–Crippen MR) is 101 cm³/mol. The van der Waals surface area contributed by atoms with Gasteiger partial charge in [0.05, 0.1) is 11.1 Å². The van der Waals surface area contributed by atoms with Gasteiger partial charge >= 0.3 is 12.8 Å². The first-order chi connectivity index (χ1) is 15.1. The molecule has 32 heavy (non-hydrogen) atoms. The van der Waals surface area contributed by atoms with Gasteiger partial charge in [-0.3, -0.25) is 14.6 Å². The molecule has 0 aliphatic heterocycles. The minimum atomic E-state index is -4.68. The van der Waals surface area contributed by atoms with Gasteiger partial charge in [0, 0.05) is 30.5 Å². The summed E-state index contributed by atoms with van der Waals surface area (Å²) in [6.45, 7) is -2.96. The van der Waals surface area contributed by atoms with Crippen LogP contribution in [0.1, 0.15) is 32.0 Å². The molecule has 2 N–H and O–H groups in total. The van der Waals surface area contributed by atoms with Crippen molar-refractivity contribution >= 4 is 28.3 Å². The smallest absolute Gasteiger partial charge is 0.417 e. The Hall–Kier alpha value is -3.68. The molecule has 2 heterocycles. The van der Waals surface area contributed by atoms with E-state index in [1.807, 2.05) is 0 Å². The highest BCUT2D eigenvalue weighted by molar-refractivity contribution is 7.10. The average molecular weight is 473 g/mol. The lowest BCUT2D eigenvalue weighted by molar-refractivity contribution is -0.137. The molecule has 168 valence electrons. The molecule has 3 aromatic rings. The van der Waals surface area contributed by atoms with Crippen LogP contribution < -0.4 is 15.4 Å². The number of rotatable bonds is 7. The van der Waals surface area contributed by atoms with Gasteiger partial charge in [-0.1, -0.05) is 16.6 Å². The molecule has 0 bridgehead atoms. The largest absolute Gasteiger partial charge is 0.435 e. The normalized spacial score (nSPS) is 11.3. The molecular weight excluding hydrogens is 461 g/mol. The van der Waals surface area contributed by atoms with E-state index in [2.05, 4.69) is 29.9 Å². The average Bonchev–Trinajstić information content (AvgIpc) is 3.20. The molecule has 0 fully saturated rings. The standard InChI is InChI=1S/C18H12F5N5O3S/c19-17(20)31-12-3-1-9(2-4-12)6-25-15(30)13-16(32-28-27-13)26-14(29)10-5-11(8-24-7-10)18(21,22)23/h1-5,7-8,17H,6H2,(H,25,30)(H,26,29). The number of aromatic nitrogens is 3. The number of ether oxygens (including phenoxy) is 1. The second-order valence-corrected chi connectivity index (χ2v) is 6.82. The fourth-order valence-corrected chi connectivity index (χ4v) is 2.93. The van der Waals surface area contributed by atoms with Gasteiger partial charge in [0.25, 0.3) is 11.8 Å². The summed E-state index contributed by atoms with van der Waals surface area (Å²) in [5, 5.41) is 8.34. The van der Waals surface area contributed by atoms with Crippen LogP contribution >= 0.6 is 11.5 Å². The highest BCUT2D eigenvalue weighted by Crippen LogP contribution is 2.29. The van der Waals surface area contributed by atoms with E-state index in [0.717, 1.165) is 6.20 Å². The first-order valence-corrected chi connectivity index (χ1v) is 9.38. The van der Waals surface area contributed by atoms with E-state index < -0.39 is 30.2 Å². The van der Waals surface area contributed by atoms with E-state index in [-0.39, 0.29) is 28.6 Å². The Bertz CT molecular complexity index is 1100. The van der Waals surface area contributed by atoms with Gasteiger partial charge in [0.1, 0.15) is 10.8 Å². The van der Waals surface area contributed by atoms with Crippen LogP contribution in [0.15, 0.2) is 42.7 Å². The van der Waals surface area contributed by atoms with Crippen LogP contribution in [-0.2, 0) is 12.7 Å². The Morgan fingerprint density at radius 3 is 2.47 bits per heavy atom. The maximum atomic E-state index is 12.8. The number of halogens is 5. The second-order valence-electron chi connectivity index (χ2n) is 6.07. The van der Waals surface area contributed by atoms with Gasteiger partial charge in [-0.2, -0.15) is 22.0 Å². The van der Waals surface area contributed by atoms with Crippen molar-refractivity contribution in [2.45, 2.75) is 19.3 Å². The minimum absolute atomic E-state index is 0.00372. The Kier molecular flexibility index (Phi) is 6.92. The SMILES string of the molecule is O=C(Nc1snnc1C(=O)NCc1ccc(OC(F)F)cc1)c1cncc(C(F)(F)F)c1. The molecule has 0 saturated heterocycles. The molecule has 8 nitrogen and oxygen atoms in total. The zero-order valence-corrected chi connectivity index (χ0v) is 16.5. The molecule has 14 heteroatoms. The summed E-state index contributed by atoms with van der Waals surface area (Å²) in [4.78, 5) is 28.1. The van der Waals surface area contributed by atoms with E-state index in [0.29, 0.717) is 29.4 Å². The van der Waals surface area contributed by atoms with Gasteiger partial charge in [-0.15, -0.1) is 5.10 Å². The first kappa shape index (κ1) is 23.0. The second kappa shape index (κ2) is 9.64. The Balaban J connectivity index is 1.63. The van der Waals surface area contributed by atoms with Crippen molar-refractivity contribution in [1.82, 2.24) is 19.9 Å². The van der Waals surface area contributed by atoms with Crippen molar-refractivity contribution in [2.75, 3.05) is 5.32 Å². The van der Waals surface area contributed by atoms with Gasteiger partial charge in [0.15, 0.2) is 5.69 Å². The lowest BCUT2D eigenvalue weighted by atomic mass is 10.2. The first-order valence-electron chi connectivity index (χ1n) is 8.61. The highest BCUT2D eigenvalue weighted by Gasteiger charge is 2.31. The number of anilines is 1. The summed E-state index contributed by atoms with van der Waals surface area (Å²) >= 11 is 0.656. The molecule has 0 atom stereocenters. The number of carbonyl (C=O) groups excluding carboxylic acids is 2. The summed E-state index contributed by atoms with van der Waals surface area (Å²) in [7, 11) is 0. The molecular formula is C18H12F5N5O3S. The molecule has 0 spiro atoms. The molecule has 2 aromatic heterocycles.